The van der Waals surface area contributed by atoms with Crippen molar-refractivity contribution >= 4 is 22.9 Å². The number of aliphatic hydroxyl groups excluding tert-OH is 1. The van der Waals surface area contributed by atoms with Crippen LogP contribution in [-0.4, -0.2) is 5.11 Å². The summed E-state index contributed by atoms with van der Waals surface area (Å²) in [6, 6.07) is 20.2. The normalized spacial score (nSPS) is 13.8. The highest BCUT2D eigenvalue weighted by atomic mass is 16.3. The number of benzene rings is 3. The van der Waals surface area contributed by atoms with Gasteiger partial charge in [0, 0.05) is 0 Å². The lowest BCUT2D eigenvalue weighted by molar-refractivity contribution is 0.222. The van der Waals surface area contributed by atoms with Crippen LogP contribution in [0.15, 0.2) is 60.7 Å². The Kier molecular flexibility index (Phi) is 2.48. The third kappa shape index (κ3) is 1.60. The van der Waals surface area contributed by atoms with Crippen LogP contribution in [0.3, 0.4) is 0 Å². The SMILES string of the molecule is O[C@@H](c1ccccc1)c1ccc2c3c(cccc13)C=C2. The molecule has 3 aromatic rings. The molecule has 0 aliphatic heterocycles. The number of hydrogen-bond donors (Lipinski definition) is 1. The molecule has 0 radical (unpaired) electrons. The molecular formula is C19H14O. The van der Waals surface area contributed by atoms with E-state index in [0.29, 0.717) is 0 Å². The third-order valence-electron chi connectivity index (χ3n) is 3.99. The first-order valence-corrected chi connectivity index (χ1v) is 6.81. The van der Waals surface area contributed by atoms with E-state index in [9.17, 15) is 5.11 Å². The first-order valence-electron chi connectivity index (χ1n) is 6.81. The Morgan fingerprint density at radius 2 is 1.45 bits per heavy atom. The summed E-state index contributed by atoms with van der Waals surface area (Å²) < 4.78 is 0. The van der Waals surface area contributed by atoms with Gasteiger partial charge in [-0.1, -0.05) is 72.8 Å². The second kappa shape index (κ2) is 4.32. The highest BCUT2D eigenvalue weighted by Gasteiger charge is 2.17. The average Bonchev–Trinajstić information content (AvgIpc) is 2.93. The van der Waals surface area contributed by atoms with Crippen molar-refractivity contribution in [2.75, 3.05) is 0 Å². The fourth-order valence-corrected chi connectivity index (χ4v) is 3.00. The van der Waals surface area contributed by atoms with Gasteiger partial charge in [0.2, 0.25) is 0 Å². The topological polar surface area (TPSA) is 20.2 Å². The first kappa shape index (κ1) is 11.4. The van der Waals surface area contributed by atoms with E-state index in [4.69, 9.17) is 0 Å². The smallest absolute Gasteiger partial charge is 0.105 e. The summed E-state index contributed by atoms with van der Waals surface area (Å²) in [5.41, 5.74) is 4.37. The predicted octanol–water partition coefficient (Wildman–Crippen LogP) is 4.41. The minimum absolute atomic E-state index is 0.582. The summed E-state index contributed by atoms with van der Waals surface area (Å²) in [5, 5.41) is 13.1. The summed E-state index contributed by atoms with van der Waals surface area (Å²) in [7, 11) is 0. The molecule has 0 unspecified atom stereocenters. The van der Waals surface area contributed by atoms with Gasteiger partial charge in [0.15, 0.2) is 0 Å². The molecule has 1 atom stereocenters. The maximum atomic E-state index is 10.7. The first-order chi connectivity index (χ1) is 9.84. The summed E-state index contributed by atoms with van der Waals surface area (Å²) in [5.74, 6) is 0. The van der Waals surface area contributed by atoms with Crippen molar-refractivity contribution in [3.05, 3.63) is 82.9 Å². The van der Waals surface area contributed by atoms with Crippen LogP contribution in [0.1, 0.15) is 28.4 Å². The maximum absolute atomic E-state index is 10.7. The summed E-state index contributed by atoms with van der Waals surface area (Å²) in [6.45, 7) is 0. The van der Waals surface area contributed by atoms with Gasteiger partial charge in [-0.25, -0.2) is 0 Å². The van der Waals surface area contributed by atoms with E-state index in [-0.39, 0.29) is 0 Å². The van der Waals surface area contributed by atoms with Gasteiger partial charge in [-0.3, -0.25) is 0 Å². The fraction of sp³-hybridized carbons (Fsp3) is 0.0526. The van der Waals surface area contributed by atoms with Gasteiger partial charge >= 0.3 is 0 Å². The van der Waals surface area contributed by atoms with Gasteiger partial charge in [0.05, 0.1) is 0 Å². The van der Waals surface area contributed by atoms with Crippen LogP contribution in [0.4, 0.5) is 0 Å². The molecule has 1 N–H and O–H groups in total. The van der Waals surface area contributed by atoms with Gasteiger partial charge in [0.25, 0.3) is 0 Å². The molecule has 0 amide bonds. The van der Waals surface area contributed by atoms with Crippen molar-refractivity contribution in [3.63, 3.8) is 0 Å². The van der Waals surface area contributed by atoms with Gasteiger partial charge in [-0.2, -0.15) is 0 Å². The molecule has 4 rings (SSSR count). The maximum Gasteiger partial charge on any atom is 0.105 e. The van der Waals surface area contributed by atoms with Gasteiger partial charge in [-0.15, -0.1) is 0 Å². The lowest BCUT2D eigenvalue weighted by Crippen LogP contribution is -2.00. The third-order valence-corrected chi connectivity index (χ3v) is 3.99. The molecule has 0 saturated carbocycles. The van der Waals surface area contributed by atoms with Crippen LogP contribution >= 0.6 is 0 Å². The molecule has 0 aromatic heterocycles. The van der Waals surface area contributed by atoms with Crippen molar-refractivity contribution in [1.29, 1.82) is 0 Å². The summed E-state index contributed by atoms with van der Waals surface area (Å²) in [4.78, 5) is 0. The second-order valence-corrected chi connectivity index (χ2v) is 5.16. The Balaban J connectivity index is 1.95. The Morgan fingerprint density at radius 1 is 0.700 bits per heavy atom. The number of hydrogen-bond acceptors (Lipinski definition) is 1. The van der Waals surface area contributed by atoms with E-state index in [0.717, 1.165) is 16.5 Å². The molecule has 20 heavy (non-hydrogen) atoms. The minimum atomic E-state index is -0.582. The van der Waals surface area contributed by atoms with E-state index in [1.165, 1.54) is 16.5 Å². The van der Waals surface area contributed by atoms with Crippen LogP contribution < -0.4 is 0 Å². The zero-order valence-electron chi connectivity index (χ0n) is 11.0. The molecular weight excluding hydrogens is 244 g/mol. The molecule has 0 spiro atoms. The van der Waals surface area contributed by atoms with Crippen LogP contribution in [0.2, 0.25) is 0 Å². The monoisotopic (exact) mass is 258 g/mol. The molecule has 3 aromatic carbocycles. The van der Waals surface area contributed by atoms with Crippen molar-refractivity contribution in [3.8, 4) is 0 Å². The van der Waals surface area contributed by atoms with Crippen molar-refractivity contribution < 1.29 is 5.11 Å². The Bertz CT molecular complexity index is 804. The van der Waals surface area contributed by atoms with Gasteiger partial charge in [0.1, 0.15) is 6.10 Å². The van der Waals surface area contributed by atoms with Crippen molar-refractivity contribution in [2.24, 2.45) is 0 Å². The van der Waals surface area contributed by atoms with Crippen LogP contribution in [0.5, 0.6) is 0 Å². The Labute approximate surface area is 117 Å². The van der Waals surface area contributed by atoms with Crippen LogP contribution in [0.25, 0.3) is 22.9 Å². The Morgan fingerprint density at radius 3 is 2.25 bits per heavy atom. The zero-order chi connectivity index (χ0) is 13.5. The standard InChI is InChI=1S/C19H14O/c20-19(15-5-2-1-3-6-15)17-12-11-14-10-9-13-7-4-8-16(17)18(13)14/h1-12,19-20H/t19-/m0/s1. The molecule has 0 bridgehead atoms. The van der Waals surface area contributed by atoms with Crippen molar-refractivity contribution in [2.45, 2.75) is 6.10 Å². The quantitative estimate of drug-likeness (QED) is 0.565. The summed E-state index contributed by atoms with van der Waals surface area (Å²) >= 11 is 0. The highest BCUT2D eigenvalue weighted by molar-refractivity contribution is 6.06. The largest absolute Gasteiger partial charge is 0.384 e. The fourth-order valence-electron chi connectivity index (χ4n) is 3.00. The van der Waals surface area contributed by atoms with Gasteiger partial charge < -0.3 is 5.11 Å². The van der Waals surface area contributed by atoms with E-state index < -0.39 is 6.10 Å². The zero-order valence-corrected chi connectivity index (χ0v) is 11.0. The Hall–Kier alpha value is -2.38. The minimum Gasteiger partial charge on any atom is -0.384 e. The van der Waals surface area contributed by atoms with E-state index in [2.05, 4.69) is 36.4 Å². The molecule has 0 saturated heterocycles. The second-order valence-electron chi connectivity index (χ2n) is 5.16. The van der Waals surface area contributed by atoms with E-state index >= 15 is 0 Å². The van der Waals surface area contributed by atoms with Gasteiger partial charge in [-0.05, 0) is 33.0 Å². The lowest BCUT2D eigenvalue weighted by atomic mass is 9.93. The highest BCUT2D eigenvalue weighted by Crippen LogP contribution is 2.36. The predicted molar refractivity (Wildman–Crippen MR) is 83.4 cm³/mol. The average molecular weight is 258 g/mol. The lowest BCUT2D eigenvalue weighted by Gasteiger charge is -2.15. The van der Waals surface area contributed by atoms with E-state index in [1.54, 1.807) is 0 Å². The molecule has 1 aliphatic carbocycles. The number of rotatable bonds is 2. The molecule has 1 aliphatic rings. The molecule has 1 heteroatoms. The van der Waals surface area contributed by atoms with Crippen LogP contribution in [0, 0.1) is 0 Å². The summed E-state index contributed by atoms with van der Waals surface area (Å²) in [6.07, 6.45) is 3.69. The molecule has 0 fully saturated rings. The molecule has 1 nitrogen and oxygen atoms in total. The molecule has 0 heterocycles. The number of aliphatic hydroxyl groups is 1. The van der Waals surface area contributed by atoms with Crippen molar-refractivity contribution in [1.82, 2.24) is 0 Å². The van der Waals surface area contributed by atoms with Crippen LogP contribution in [-0.2, 0) is 0 Å². The van der Waals surface area contributed by atoms with E-state index in [1.807, 2.05) is 36.4 Å². The molecule has 96 valence electrons.